The minimum Gasteiger partial charge on any atom is -0.618 e. The number of amides is 1. The summed E-state index contributed by atoms with van der Waals surface area (Å²) in [7, 11) is 0. The summed E-state index contributed by atoms with van der Waals surface area (Å²) in [6.45, 7) is -0.569. The molecule has 0 aliphatic carbocycles. The number of hydrazine groups is 1. The Morgan fingerprint density at radius 1 is 1.85 bits per heavy atom. The number of aliphatic hydroxyl groups excluding tert-OH is 1. The number of aromatic nitrogens is 2. The van der Waals surface area contributed by atoms with Gasteiger partial charge >= 0.3 is 0 Å². The van der Waals surface area contributed by atoms with Gasteiger partial charge in [-0.3, -0.25) is 10.2 Å². The molecule has 1 rings (SSSR count). The van der Waals surface area contributed by atoms with Crippen molar-refractivity contribution in [3.05, 3.63) is 29.0 Å². The molecule has 0 fully saturated rings. The average Bonchev–Trinajstić information content (AvgIpc) is 2.16. The van der Waals surface area contributed by atoms with Gasteiger partial charge in [-0.25, -0.2) is 10.8 Å². The minimum atomic E-state index is -0.714. The zero-order valence-electron chi connectivity index (χ0n) is 6.60. The first kappa shape index (κ1) is 9.36. The molecule has 7 nitrogen and oxygen atoms in total. The molecule has 1 aromatic heterocycles. The van der Waals surface area contributed by atoms with E-state index in [1.165, 1.54) is 0 Å². The Balaban J connectivity index is 3.20. The maximum atomic E-state index is 11.0. The zero-order valence-corrected chi connectivity index (χ0v) is 6.60. The molecule has 0 aromatic carbocycles. The van der Waals surface area contributed by atoms with Crippen molar-refractivity contribution in [2.24, 2.45) is 5.84 Å². The Hall–Kier alpha value is -1.73. The molecule has 0 saturated heterocycles. The number of rotatable bonds is 2. The van der Waals surface area contributed by atoms with Crippen molar-refractivity contribution in [1.29, 1.82) is 0 Å². The van der Waals surface area contributed by atoms with Crippen molar-refractivity contribution in [2.75, 3.05) is 0 Å². The molecular formula is C6H8N4O3. The molecule has 0 unspecified atom stereocenters. The van der Waals surface area contributed by atoms with E-state index in [1.807, 2.05) is 5.43 Å². The zero-order chi connectivity index (χ0) is 9.84. The third-order valence-corrected chi connectivity index (χ3v) is 1.44. The van der Waals surface area contributed by atoms with Crippen molar-refractivity contribution >= 4 is 5.91 Å². The SMILES string of the molecule is NNC(=O)c1ncc[n+]([O-])c1CO. The Labute approximate surface area is 73.4 Å². The van der Waals surface area contributed by atoms with Crippen LogP contribution in [0.15, 0.2) is 12.4 Å². The summed E-state index contributed by atoms with van der Waals surface area (Å²) < 4.78 is 0.359. The molecular weight excluding hydrogens is 176 g/mol. The van der Waals surface area contributed by atoms with E-state index >= 15 is 0 Å². The van der Waals surface area contributed by atoms with Gasteiger partial charge in [0.1, 0.15) is 6.61 Å². The quantitative estimate of drug-likeness (QED) is 0.159. The highest BCUT2D eigenvalue weighted by molar-refractivity contribution is 5.92. The van der Waals surface area contributed by atoms with Crippen LogP contribution >= 0.6 is 0 Å². The topological polar surface area (TPSA) is 115 Å². The molecule has 4 N–H and O–H groups in total. The van der Waals surface area contributed by atoms with Crippen LogP contribution in [-0.4, -0.2) is 16.0 Å². The lowest BCUT2D eigenvalue weighted by molar-refractivity contribution is -0.617. The number of hydrogen-bond acceptors (Lipinski definition) is 5. The predicted octanol–water partition coefficient (Wildman–Crippen LogP) is -2.19. The van der Waals surface area contributed by atoms with Gasteiger partial charge in [-0.15, -0.1) is 0 Å². The van der Waals surface area contributed by atoms with Gasteiger partial charge in [-0.1, -0.05) is 0 Å². The van der Waals surface area contributed by atoms with Crippen LogP contribution in [0.3, 0.4) is 0 Å². The predicted molar refractivity (Wildman–Crippen MR) is 40.8 cm³/mol. The van der Waals surface area contributed by atoms with E-state index in [9.17, 15) is 10.0 Å². The summed E-state index contributed by atoms with van der Waals surface area (Å²) in [5, 5.41) is 19.7. The molecule has 0 saturated carbocycles. The number of nitrogens with one attached hydrogen (secondary N) is 1. The molecule has 1 amide bonds. The molecule has 13 heavy (non-hydrogen) atoms. The molecule has 0 aliphatic rings. The first-order chi connectivity index (χ1) is 6.20. The maximum absolute atomic E-state index is 11.0. The molecule has 0 aliphatic heterocycles. The van der Waals surface area contributed by atoms with Crippen molar-refractivity contribution in [3.8, 4) is 0 Å². The van der Waals surface area contributed by atoms with E-state index in [0.717, 1.165) is 12.4 Å². The number of carbonyl (C=O) groups excluding carboxylic acids is 1. The molecule has 1 heterocycles. The molecule has 0 spiro atoms. The summed E-state index contributed by atoms with van der Waals surface area (Å²) >= 11 is 0. The van der Waals surface area contributed by atoms with Crippen LogP contribution in [0.25, 0.3) is 0 Å². The highest BCUT2D eigenvalue weighted by Crippen LogP contribution is 1.98. The van der Waals surface area contributed by atoms with E-state index in [4.69, 9.17) is 10.9 Å². The third kappa shape index (κ3) is 1.71. The second-order valence-corrected chi connectivity index (χ2v) is 2.18. The molecule has 7 heteroatoms. The minimum absolute atomic E-state index is 0.134. The van der Waals surface area contributed by atoms with Gasteiger partial charge in [0.15, 0.2) is 6.20 Å². The summed E-state index contributed by atoms with van der Waals surface area (Å²) in [6.07, 6.45) is 2.23. The molecule has 1 aromatic rings. The van der Waals surface area contributed by atoms with Crippen LogP contribution in [0.5, 0.6) is 0 Å². The second kappa shape index (κ2) is 3.78. The van der Waals surface area contributed by atoms with Gasteiger partial charge < -0.3 is 10.3 Å². The monoisotopic (exact) mass is 184 g/mol. The summed E-state index contributed by atoms with van der Waals surface area (Å²) in [5.41, 5.74) is 1.51. The van der Waals surface area contributed by atoms with Crippen LogP contribution in [0.2, 0.25) is 0 Å². The standard InChI is InChI=1S/C6H8N4O3/c7-9-6(12)5-4(3-11)10(13)2-1-8-5/h1-2,11H,3,7H2,(H,9,12). The highest BCUT2D eigenvalue weighted by Gasteiger charge is 2.18. The van der Waals surface area contributed by atoms with Gasteiger partial charge in [0, 0.05) is 0 Å². The molecule has 0 atom stereocenters. The fourth-order valence-electron chi connectivity index (χ4n) is 0.840. The third-order valence-electron chi connectivity index (χ3n) is 1.44. The van der Waals surface area contributed by atoms with Crippen LogP contribution in [0.4, 0.5) is 0 Å². The fraction of sp³-hybridized carbons (Fsp3) is 0.167. The number of hydrogen-bond donors (Lipinski definition) is 3. The average molecular weight is 184 g/mol. The van der Waals surface area contributed by atoms with Crippen LogP contribution in [-0.2, 0) is 6.61 Å². The molecule has 0 radical (unpaired) electrons. The van der Waals surface area contributed by atoms with Crippen molar-refractivity contribution in [2.45, 2.75) is 6.61 Å². The second-order valence-electron chi connectivity index (χ2n) is 2.18. The summed E-state index contributed by atoms with van der Waals surface area (Å²) in [4.78, 5) is 14.6. The van der Waals surface area contributed by atoms with Crippen molar-refractivity contribution in [3.63, 3.8) is 0 Å². The van der Waals surface area contributed by atoms with Crippen LogP contribution in [0, 0.1) is 5.21 Å². The summed E-state index contributed by atoms with van der Waals surface area (Å²) in [6, 6.07) is 0. The highest BCUT2D eigenvalue weighted by atomic mass is 16.5. The molecule has 70 valence electrons. The van der Waals surface area contributed by atoms with Gasteiger partial charge in [0.05, 0.1) is 6.20 Å². The van der Waals surface area contributed by atoms with Crippen LogP contribution in [0.1, 0.15) is 16.2 Å². The van der Waals surface area contributed by atoms with E-state index in [-0.39, 0.29) is 11.4 Å². The lowest BCUT2D eigenvalue weighted by Gasteiger charge is -2.04. The first-order valence-electron chi connectivity index (χ1n) is 3.39. The first-order valence-corrected chi connectivity index (χ1v) is 3.39. The lowest BCUT2D eigenvalue weighted by atomic mass is 10.3. The Bertz CT molecular complexity index is 328. The van der Waals surface area contributed by atoms with Gasteiger partial charge in [-0.2, -0.15) is 4.73 Å². The normalized spacial score (nSPS) is 9.69. The number of nitrogen functional groups attached to an aromatic ring is 1. The number of nitrogens with two attached hydrogens (primary N) is 1. The van der Waals surface area contributed by atoms with E-state index in [1.54, 1.807) is 0 Å². The lowest BCUT2D eigenvalue weighted by Crippen LogP contribution is -2.39. The van der Waals surface area contributed by atoms with Crippen LogP contribution < -0.4 is 16.0 Å². The van der Waals surface area contributed by atoms with Gasteiger partial charge in [-0.05, 0) is 0 Å². The van der Waals surface area contributed by atoms with Crippen molar-refractivity contribution in [1.82, 2.24) is 10.4 Å². The Morgan fingerprint density at radius 2 is 2.54 bits per heavy atom. The van der Waals surface area contributed by atoms with Crippen molar-refractivity contribution < 1.29 is 14.6 Å². The largest absolute Gasteiger partial charge is 0.618 e. The number of nitrogens with zero attached hydrogens (tertiary/aromatic N) is 2. The number of aliphatic hydroxyl groups is 1. The maximum Gasteiger partial charge on any atom is 0.290 e. The molecule has 0 bridgehead atoms. The van der Waals surface area contributed by atoms with E-state index < -0.39 is 12.5 Å². The van der Waals surface area contributed by atoms with E-state index in [2.05, 4.69) is 4.98 Å². The van der Waals surface area contributed by atoms with Gasteiger partial charge in [0.2, 0.25) is 11.4 Å². The summed E-state index contributed by atoms with van der Waals surface area (Å²) in [5.74, 6) is 4.13. The fourth-order valence-corrected chi connectivity index (χ4v) is 0.840. The van der Waals surface area contributed by atoms with E-state index in [0.29, 0.717) is 4.73 Å². The Morgan fingerprint density at radius 3 is 3.08 bits per heavy atom. The smallest absolute Gasteiger partial charge is 0.290 e. The Kier molecular flexibility index (Phi) is 2.72. The number of carbonyl (C=O) groups is 1. The van der Waals surface area contributed by atoms with Gasteiger partial charge in [0.25, 0.3) is 5.91 Å².